The molecule has 3 aromatic heterocycles. The third kappa shape index (κ3) is 6.36. The number of fused-ring (bicyclic) bond motifs is 20. The predicted octanol–water partition coefficient (Wildman–Crippen LogP) is 12.5. The van der Waals surface area contributed by atoms with Gasteiger partial charge in [-0.2, -0.15) is 0 Å². The third-order valence-electron chi connectivity index (χ3n) is 10.2. The number of rotatable bonds is 9. The molecule has 296 valence electrons. The van der Waals surface area contributed by atoms with Crippen molar-refractivity contribution in [2.45, 2.75) is 76.7 Å². The van der Waals surface area contributed by atoms with Gasteiger partial charge in [0, 0.05) is 0 Å². The molecule has 57 heavy (non-hydrogen) atoms. The van der Waals surface area contributed by atoms with Crippen LogP contribution >= 0.6 is 0 Å². The third-order valence-corrected chi connectivity index (χ3v) is 19.2. The minimum absolute atomic E-state index is 0.519. The number of nitrogens with one attached hydrogen (secondary N) is 2. The molecule has 8 bridgehead atoms. The summed E-state index contributed by atoms with van der Waals surface area (Å²) in [5, 5.41) is 8.83. The second kappa shape index (κ2) is 14.0. The van der Waals surface area contributed by atoms with Crippen molar-refractivity contribution >= 4 is 48.6 Å². The van der Waals surface area contributed by atoms with E-state index >= 15 is 0 Å². The van der Waals surface area contributed by atoms with E-state index in [1.54, 1.807) is 0 Å². The van der Waals surface area contributed by atoms with Gasteiger partial charge in [0.15, 0.2) is 0 Å². The molecule has 0 unspecified atom stereocenters. The molecule has 0 fully saturated rings. The Morgan fingerprint density at radius 3 is 1.12 bits per heavy atom. The molecule has 4 aromatic carbocycles. The Balaban J connectivity index is 1.50. The fourth-order valence-electron chi connectivity index (χ4n) is 9.12. The summed E-state index contributed by atoms with van der Waals surface area (Å²) < 4.78 is 1.46. The number of benzene rings is 4. The SMILES string of the molecule is CC(C)[CH2][Cu]([CH2]C(C)C)([CH2]C(C)C)([CH2]C(C)C)[c]1cccc2c3nc4nc(nc5[nH]c(nc6nc(nc([nH]3)c12)-c1ccccc1-6)c1ccccc51)-c1ccccc1-4. The molecule has 0 saturated carbocycles. The van der Waals surface area contributed by atoms with E-state index in [1.807, 2.05) is 30.3 Å². The van der Waals surface area contributed by atoms with Crippen LogP contribution in [0, 0.1) is 23.7 Å². The Morgan fingerprint density at radius 1 is 0.386 bits per heavy atom. The van der Waals surface area contributed by atoms with Crippen LogP contribution in [0.4, 0.5) is 0 Å². The summed E-state index contributed by atoms with van der Waals surface area (Å²) in [5.74, 6) is 4.57. The van der Waals surface area contributed by atoms with Gasteiger partial charge >= 0.3 is 331 Å². The van der Waals surface area contributed by atoms with Gasteiger partial charge in [0.2, 0.25) is 0 Å². The summed E-state index contributed by atoms with van der Waals surface area (Å²) in [4.78, 5) is 39.1. The molecule has 0 saturated heterocycles. The maximum absolute atomic E-state index is 5.55. The minimum atomic E-state index is -2.30. The molecule has 0 aliphatic carbocycles. The first-order chi connectivity index (χ1) is 27.4. The van der Waals surface area contributed by atoms with Gasteiger partial charge in [-0.1, -0.05) is 6.07 Å². The van der Waals surface area contributed by atoms with Crippen LogP contribution in [0.15, 0.2) is 91.0 Å². The molecule has 9 rings (SSSR count). The molecule has 7 aromatic rings. The van der Waals surface area contributed by atoms with Crippen LogP contribution in [0.3, 0.4) is 0 Å². The van der Waals surface area contributed by atoms with Gasteiger partial charge < -0.3 is 0 Å². The summed E-state index contributed by atoms with van der Waals surface area (Å²) in [6.45, 7) is 19.3. The van der Waals surface area contributed by atoms with Crippen molar-refractivity contribution in [1.82, 2.24) is 39.9 Å². The normalized spacial score (nSPS) is 13.5. The second-order valence-corrected chi connectivity index (χ2v) is 23.5. The number of hydrogen-bond donors (Lipinski definition) is 2. The molecule has 2 N–H and O–H groups in total. The average Bonchev–Trinajstić information content (AvgIpc) is 3.89. The van der Waals surface area contributed by atoms with E-state index in [9.17, 15) is 0 Å². The van der Waals surface area contributed by atoms with Crippen LogP contribution in [0.5, 0.6) is 0 Å². The number of nitrogens with zero attached hydrogens (tertiary/aromatic N) is 6. The van der Waals surface area contributed by atoms with Crippen molar-refractivity contribution in [3.8, 4) is 45.6 Å². The second-order valence-electron chi connectivity index (χ2n) is 17.3. The first-order valence-electron chi connectivity index (χ1n) is 20.2. The van der Waals surface area contributed by atoms with E-state index in [-0.39, 0.29) is 0 Å². The zero-order valence-electron chi connectivity index (χ0n) is 34.3. The number of hydrogen-bond acceptors (Lipinski definition) is 6. The van der Waals surface area contributed by atoms with Gasteiger partial charge in [-0.25, -0.2) is 0 Å². The van der Waals surface area contributed by atoms with Crippen LogP contribution in [-0.4, -0.2) is 39.9 Å². The summed E-state index contributed by atoms with van der Waals surface area (Å²) in [7, 11) is 0. The van der Waals surface area contributed by atoms with Crippen molar-refractivity contribution in [3.63, 3.8) is 0 Å². The van der Waals surface area contributed by atoms with Gasteiger partial charge in [0.25, 0.3) is 0 Å². The van der Waals surface area contributed by atoms with Crippen LogP contribution in [0.1, 0.15) is 55.4 Å². The van der Waals surface area contributed by atoms with Gasteiger partial charge in [-0.05, 0) is 0 Å². The fourth-order valence-corrected chi connectivity index (χ4v) is 20.4. The molecule has 8 nitrogen and oxygen atoms in total. The Kier molecular flexibility index (Phi) is 9.17. The van der Waals surface area contributed by atoms with Crippen molar-refractivity contribution in [1.29, 1.82) is 0 Å². The molecule has 0 spiro atoms. The quantitative estimate of drug-likeness (QED) is 0.141. The van der Waals surface area contributed by atoms with E-state index in [0.29, 0.717) is 58.3 Å². The Morgan fingerprint density at radius 2 is 0.719 bits per heavy atom. The molecule has 2 aliphatic heterocycles. The zero-order valence-corrected chi connectivity index (χ0v) is 35.2. The number of H-pyrrole nitrogens is 2. The van der Waals surface area contributed by atoms with E-state index in [4.69, 9.17) is 29.9 Å². The summed E-state index contributed by atoms with van der Waals surface area (Å²) in [6.07, 6.45) is 0. The molecule has 0 radical (unpaired) electrons. The van der Waals surface area contributed by atoms with Crippen molar-refractivity contribution in [3.05, 3.63) is 91.0 Å². The topological polar surface area (TPSA) is 109 Å². The van der Waals surface area contributed by atoms with Gasteiger partial charge in [0.05, 0.1) is 0 Å². The summed E-state index contributed by atoms with van der Waals surface area (Å²) in [6, 6.07) is 31.7. The Hall–Kier alpha value is -5.24. The first-order valence-corrected chi connectivity index (χ1v) is 23.3. The van der Waals surface area contributed by atoms with E-state index < -0.39 is 11.8 Å². The zero-order chi connectivity index (χ0) is 39.7. The molecule has 5 heterocycles. The van der Waals surface area contributed by atoms with Gasteiger partial charge in [-0.15, -0.1) is 0 Å². The van der Waals surface area contributed by atoms with E-state index in [0.717, 1.165) is 55.1 Å². The van der Waals surface area contributed by atoms with Gasteiger partial charge in [-0.3, -0.25) is 0 Å². The van der Waals surface area contributed by atoms with Gasteiger partial charge in [0.1, 0.15) is 0 Å². The van der Waals surface area contributed by atoms with Crippen LogP contribution in [0.25, 0.3) is 89.7 Å². The van der Waals surface area contributed by atoms with Crippen molar-refractivity contribution in [2.75, 3.05) is 0 Å². The fraction of sp³-hybridized carbons (Fsp3) is 0.333. The first kappa shape index (κ1) is 37.3. The maximum atomic E-state index is 5.55. The molecule has 9 heteroatoms. The summed E-state index contributed by atoms with van der Waals surface area (Å²) >= 11 is -2.30. The molecular weight excluding hydrogens is 752 g/mol. The van der Waals surface area contributed by atoms with Crippen molar-refractivity contribution in [2.24, 2.45) is 23.7 Å². The standard InChI is InChI=1S/C32H17N8.4C4H9.Cu/c1-2-10-18-17(9-1)25-33-26(18)38-28-21-13-5-6-14-22(21)30(35-28)40-32-24-16-8-7-15-23(24)31(36-32)39-29-20-12-4-3-11-19(20)27(34-29)37-25;4*1-4(2)3;/h1-15H,(H2,33,34,35,36,37,38,39,40);4*4H,1H2,2-3H3;. The average molecular weight is 806 g/mol. The molecule has 0 atom stereocenters. The van der Waals surface area contributed by atoms with Crippen LogP contribution in [0.2, 0.25) is 21.3 Å². The summed E-state index contributed by atoms with van der Waals surface area (Å²) in [5.41, 5.74) is 6.72. The van der Waals surface area contributed by atoms with E-state index in [2.05, 4.69) is 126 Å². The Bertz CT molecular complexity index is 2810. The number of aromatic amines is 2. The molecule has 2 aliphatic rings. The van der Waals surface area contributed by atoms with E-state index in [1.165, 1.54) is 25.7 Å². The van der Waals surface area contributed by atoms with Crippen LogP contribution in [-0.2, 0) is 11.8 Å². The predicted molar refractivity (Wildman–Crippen MR) is 234 cm³/mol. The monoisotopic (exact) mass is 804 g/mol. The van der Waals surface area contributed by atoms with Crippen molar-refractivity contribution < 1.29 is 11.8 Å². The molecular formula is C48H53CuN8. The van der Waals surface area contributed by atoms with Crippen LogP contribution < -0.4 is 4.46 Å². The number of aromatic nitrogens is 8. The Labute approximate surface area is 335 Å². The molecule has 0 amide bonds.